The van der Waals surface area contributed by atoms with E-state index < -0.39 is 0 Å². The Morgan fingerprint density at radius 2 is 2.44 bits per heavy atom. The van der Waals surface area contributed by atoms with Gasteiger partial charge in [0.05, 0.1) is 6.54 Å². The smallest absolute Gasteiger partial charge is 0.267 e. The molecule has 0 atom stereocenters. The Hall–Kier alpha value is -2.25. The van der Waals surface area contributed by atoms with Crippen LogP contribution in [0.2, 0.25) is 0 Å². The second kappa shape index (κ2) is 4.51. The number of hydrogen-bond donors (Lipinski definition) is 2. The van der Waals surface area contributed by atoms with Crippen LogP contribution in [0.15, 0.2) is 16.0 Å². The molecule has 0 aromatic carbocycles. The van der Waals surface area contributed by atoms with Crippen LogP contribution in [0.4, 0.5) is 0 Å². The summed E-state index contributed by atoms with van der Waals surface area (Å²) in [6.45, 7) is 0.169. The number of carbonyl (C=O) groups is 2. The maximum Gasteiger partial charge on any atom is 0.267 e. The van der Waals surface area contributed by atoms with Gasteiger partial charge in [0.1, 0.15) is 5.71 Å². The van der Waals surface area contributed by atoms with Gasteiger partial charge in [0.2, 0.25) is 12.3 Å². The van der Waals surface area contributed by atoms with Crippen LogP contribution in [0.5, 0.6) is 0 Å². The summed E-state index contributed by atoms with van der Waals surface area (Å²) >= 11 is 0. The molecule has 0 fully saturated rings. The van der Waals surface area contributed by atoms with Crippen molar-refractivity contribution < 1.29 is 14.1 Å². The van der Waals surface area contributed by atoms with Crippen LogP contribution < -0.4 is 10.7 Å². The number of nitrogens with zero attached hydrogens (tertiary/aromatic N) is 3. The predicted molar refractivity (Wildman–Crippen MR) is 51.0 cm³/mol. The van der Waals surface area contributed by atoms with Crippen molar-refractivity contribution in [1.82, 2.24) is 20.9 Å². The Morgan fingerprint density at radius 3 is 3.06 bits per heavy atom. The molecule has 8 nitrogen and oxygen atoms in total. The van der Waals surface area contributed by atoms with Crippen molar-refractivity contribution in [2.45, 2.75) is 19.4 Å². The fourth-order valence-corrected chi connectivity index (χ4v) is 1.17. The van der Waals surface area contributed by atoms with Crippen molar-refractivity contribution in [3.05, 3.63) is 12.2 Å². The van der Waals surface area contributed by atoms with Gasteiger partial charge in [0.15, 0.2) is 5.82 Å². The second-order valence-corrected chi connectivity index (χ2v) is 3.12. The van der Waals surface area contributed by atoms with Crippen LogP contribution in [-0.4, -0.2) is 27.7 Å². The number of amides is 2. The van der Waals surface area contributed by atoms with Crippen molar-refractivity contribution in [3.63, 3.8) is 0 Å². The van der Waals surface area contributed by atoms with Gasteiger partial charge in [-0.15, -0.1) is 0 Å². The Morgan fingerprint density at radius 1 is 1.56 bits per heavy atom. The first-order chi connectivity index (χ1) is 7.75. The molecule has 1 aliphatic heterocycles. The molecule has 0 radical (unpaired) electrons. The second-order valence-electron chi connectivity index (χ2n) is 3.12. The van der Waals surface area contributed by atoms with Crippen molar-refractivity contribution in [3.8, 4) is 0 Å². The average Bonchev–Trinajstić information content (AvgIpc) is 2.80. The van der Waals surface area contributed by atoms with Gasteiger partial charge in [-0.2, -0.15) is 10.1 Å². The molecule has 0 aliphatic carbocycles. The minimum Gasteiger partial charge on any atom is -0.343 e. The van der Waals surface area contributed by atoms with E-state index >= 15 is 0 Å². The molecular weight excluding hydrogens is 214 g/mol. The minimum absolute atomic E-state index is 0.169. The number of hydrogen-bond acceptors (Lipinski definition) is 6. The van der Waals surface area contributed by atoms with E-state index in [2.05, 4.69) is 30.5 Å². The van der Waals surface area contributed by atoms with Gasteiger partial charge in [-0.25, -0.2) is 5.43 Å². The van der Waals surface area contributed by atoms with Gasteiger partial charge in [-0.05, 0) is 0 Å². The van der Waals surface area contributed by atoms with Crippen molar-refractivity contribution in [2.24, 2.45) is 5.10 Å². The van der Waals surface area contributed by atoms with Crippen LogP contribution >= 0.6 is 0 Å². The average molecular weight is 223 g/mol. The minimum atomic E-state index is -0.343. The summed E-state index contributed by atoms with van der Waals surface area (Å²) in [5, 5.41) is 9.75. The zero-order chi connectivity index (χ0) is 11.4. The van der Waals surface area contributed by atoms with Gasteiger partial charge in [-0.1, -0.05) is 5.16 Å². The fraction of sp³-hybridized carbons (Fsp3) is 0.375. The third-order valence-electron chi connectivity index (χ3n) is 1.98. The summed E-state index contributed by atoms with van der Waals surface area (Å²) in [6, 6.07) is 0. The van der Waals surface area contributed by atoms with Gasteiger partial charge in [-0.3, -0.25) is 9.59 Å². The van der Waals surface area contributed by atoms with Crippen LogP contribution in [0.25, 0.3) is 0 Å². The first-order valence-electron chi connectivity index (χ1n) is 4.64. The third-order valence-corrected chi connectivity index (χ3v) is 1.98. The SMILES string of the molecule is O=C1CCC(C(=O)NCc2ncon2)=NN1. The summed E-state index contributed by atoms with van der Waals surface area (Å²) in [5.41, 5.74) is 2.54. The van der Waals surface area contributed by atoms with E-state index in [9.17, 15) is 9.59 Å². The number of rotatable bonds is 3. The lowest BCUT2D eigenvalue weighted by atomic mass is 10.1. The molecule has 2 amide bonds. The summed E-state index contributed by atoms with van der Waals surface area (Å²) in [7, 11) is 0. The molecule has 1 aromatic rings. The molecule has 1 aromatic heterocycles. The maximum atomic E-state index is 11.5. The quantitative estimate of drug-likeness (QED) is 0.679. The fourth-order valence-electron chi connectivity index (χ4n) is 1.17. The number of aromatic nitrogens is 2. The molecule has 0 bridgehead atoms. The highest BCUT2D eigenvalue weighted by Crippen LogP contribution is 1.99. The predicted octanol–water partition coefficient (Wildman–Crippen LogP) is -1.05. The highest BCUT2D eigenvalue weighted by molar-refractivity contribution is 6.39. The zero-order valence-corrected chi connectivity index (χ0v) is 8.27. The lowest BCUT2D eigenvalue weighted by molar-refractivity contribution is -0.121. The molecule has 0 saturated heterocycles. The van der Waals surface area contributed by atoms with Gasteiger partial charge >= 0.3 is 0 Å². The van der Waals surface area contributed by atoms with E-state index in [4.69, 9.17) is 0 Å². The monoisotopic (exact) mass is 223 g/mol. The maximum absolute atomic E-state index is 11.5. The Labute approximate surface area is 90.1 Å². The van der Waals surface area contributed by atoms with Crippen molar-refractivity contribution in [1.29, 1.82) is 0 Å². The van der Waals surface area contributed by atoms with E-state index in [1.165, 1.54) is 6.39 Å². The number of carbonyl (C=O) groups excluding carboxylic acids is 2. The van der Waals surface area contributed by atoms with Crippen LogP contribution in [0, 0.1) is 0 Å². The molecule has 0 saturated carbocycles. The lowest BCUT2D eigenvalue weighted by Crippen LogP contribution is -2.36. The van der Waals surface area contributed by atoms with Gasteiger partial charge < -0.3 is 9.84 Å². The molecule has 16 heavy (non-hydrogen) atoms. The molecule has 0 spiro atoms. The van der Waals surface area contributed by atoms with E-state index in [-0.39, 0.29) is 24.8 Å². The van der Waals surface area contributed by atoms with Gasteiger partial charge in [0, 0.05) is 12.8 Å². The Bertz CT molecular complexity index is 425. The van der Waals surface area contributed by atoms with E-state index in [1.807, 2.05) is 0 Å². The molecular formula is C8H9N5O3. The summed E-state index contributed by atoms with van der Waals surface area (Å²) in [5.74, 6) is -0.145. The lowest BCUT2D eigenvalue weighted by Gasteiger charge is -2.10. The largest absolute Gasteiger partial charge is 0.343 e. The molecule has 2 N–H and O–H groups in total. The van der Waals surface area contributed by atoms with Crippen molar-refractivity contribution >= 4 is 17.5 Å². The highest BCUT2D eigenvalue weighted by Gasteiger charge is 2.18. The van der Waals surface area contributed by atoms with Crippen LogP contribution in [0.3, 0.4) is 0 Å². The van der Waals surface area contributed by atoms with Crippen LogP contribution in [0.1, 0.15) is 18.7 Å². The summed E-state index contributed by atoms with van der Waals surface area (Å²) < 4.78 is 4.51. The standard InChI is InChI=1S/C8H9N5O3/c14-7-2-1-5(11-12-7)8(15)9-3-6-10-4-16-13-6/h4H,1-3H2,(H,9,15)(H,12,14). The third kappa shape index (κ3) is 2.41. The van der Waals surface area contributed by atoms with Gasteiger partial charge in [0.25, 0.3) is 5.91 Å². The molecule has 8 heteroatoms. The Kier molecular flexibility index (Phi) is 2.90. The summed E-state index contributed by atoms with van der Waals surface area (Å²) in [4.78, 5) is 26.1. The summed E-state index contributed by atoms with van der Waals surface area (Å²) in [6.07, 6.45) is 1.79. The van der Waals surface area contributed by atoms with E-state index in [0.717, 1.165) is 0 Å². The van der Waals surface area contributed by atoms with E-state index in [1.54, 1.807) is 0 Å². The molecule has 2 heterocycles. The number of hydrazone groups is 1. The first kappa shape index (κ1) is 10.3. The molecule has 1 aliphatic rings. The topological polar surface area (TPSA) is 109 Å². The zero-order valence-electron chi connectivity index (χ0n) is 8.27. The van der Waals surface area contributed by atoms with Crippen LogP contribution in [-0.2, 0) is 16.1 Å². The highest BCUT2D eigenvalue weighted by atomic mass is 16.5. The first-order valence-corrected chi connectivity index (χ1v) is 4.64. The van der Waals surface area contributed by atoms with Crippen molar-refractivity contribution in [2.75, 3.05) is 0 Å². The number of nitrogens with one attached hydrogen (secondary N) is 2. The van der Waals surface area contributed by atoms with E-state index in [0.29, 0.717) is 18.0 Å². The molecule has 2 rings (SSSR count). The Balaban J connectivity index is 1.86. The molecule has 84 valence electrons. The molecule has 0 unspecified atom stereocenters. The normalized spacial score (nSPS) is 15.2.